The lowest BCUT2D eigenvalue weighted by molar-refractivity contribution is 0.457. The molecule has 0 unspecified atom stereocenters. The van der Waals surface area contributed by atoms with Gasteiger partial charge in [0.25, 0.3) is 0 Å². The van der Waals surface area contributed by atoms with E-state index in [1.54, 1.807) is 11.8 Å². The van der Waals surface area contributed by atoms with E-state index in [0.717, 1.165) is 10.7 Å². The predicted octanol–water partition coefficient (Wildman–Crippen LogP) is 4.79. The molecule has 0 N–H and O–H groups in total. The topological polar surface area (TPSA) is 9.23 Å². The fourth-order valence-electron chi connectivity index (χ4n) is 0.821. The summed E-state index contributed by atoms with van der Waals surface area (Å²) in [5, 5.41) is 1.04. The minimum absolute atomic E-state index is 0.180. The predicted molar refractivity (Wildman–Crippen MR) is 74.7 cm³/mol. The first-order valence-corrected chi connectivity index (χ1v) is 9.49. The van der Waals surface area contributed by atoms with E-state index >= 15 is 0 Å². The van der Waals surface area contributed by atoms with E-state index in [-0.39, 0.29) is 4.75 Å². The van der Waals surface area contributed by atoms with Gasteiger partial charge in [0.15, 0.2) is 0 Å². The summed E-state index contributed by atoms with van der Waals surface area (Å²) in [6.45, 7) is 19.1. The van der Waals surface area contributed by atoms with Gasteiger partial charge in [-0.25, -0.2) is 0 Å². The van der Waals surface area contributed by atoms with Crippen molar-refractivity contribution in [2.75, 3.05) is 0 Å². The van der Waals surface area contributed by atoms with E-state index in [1.165, 1.54) is 0 Å². The lowest BCUT2D eigenvalue weighted by atomic mass is 10.3. The summed E-state index contributed by atoms with van der Waals surface area (Å²) in [4.78, 5) is 0. The third kappa shape index (κ3) is 7.74. The van der Waals surface area contributed by atoms with Crippen molar-refractivity contribution in [3.63, 3.8) is 0 Å². The highest BCUT2D eigenvalue weighted by atomic mass is 32.2. The summed E-state index contributed by atoms with van der Waals surface area (Å²) in [5.41, 5.74) is 1.14. The normalized spacial score (nSPS) is 14.6. The van der Waals surface area contributed by atoms with Gasteiger partial charge in [-0.1, -0.05) is 45.2 Å². The van der Waals surface area contributed by atoms with E-state index < -0.39 is 8.32 Å². The first-order valence-electron chi connectivity index (χ1n) is 5.26. The Bertz CT molecular complexity index is 238. The van der Waals surface area contributed by atoms with Crippen LogP contribution in [0.1, 0.15) is 27.7 Å². The second-order valence-electron chi connectivity index (χ2n) is 5.60. The standard InChI is InChI=1S/C12H24OSSi/c1-9-10(2)11(13-15(6,7)8)14-12(3,4)5/h9H,1H2,2-8H3. The Morgan fingerprint density at radius 3 is 2.00 bits per heavy atom. The number of allylic oxidation sites excluding steroid dienone is 2. The van der Waals surface area contributed by atoms with E-state index in [4.69, 9.17) is 4.43 Å². The Kier molecular flexibility index (Phi) is 5.20. The van der Waals surface area contributed by atoms with E-state index in [0.29, 0.717) is 0 Å². The van der Waals surface area contributed by atoms with Gasteiger partial charge in [0, 0.05) is 4.75 Å². The quantitative estimate of drug-likeness (QED) is 0.399. The molecular weight excluding hydrogens is 220 g/mol. The molecule has 15 heavy (non-hydrogen) atoms. The fourth-order valence-corrected chi connectivity index (χ4v) is 3.26. The summed E-state index contributed by atoms with van der Waals surface area (Å²) < 4.78 is 6.26. The lowest BCUT2D eigenvalue weighted by Crippen LogP contribution is -2.25. The summed E-state index contributed by atoms with van der Waals surface area (Å²) in [7, 11) is -1.53. The van der Waals surface area contributed by atoms with Crippen LogP contribution >= 0.6 is 11.8 Å². The molecule has 0 aliphatic heterocycles. The van der Waals surface area contributed by atoms with Crippen LogP contribution in [0.5, 0.6) is 0 Å². The minimum atomic E-state index is -1.53. The van der Waals surface area contributed by atoms with Gasteiger partial charge in [0.05, 0.1) is 0 Å². The Balaban J connectivity index is 4.86. The molecule has 0 saturated heterocycles. The maximum absolute atomic E-state index is 6.08. The van der Waals surface area contributed by atoms with Gasteiger partial charge in [-0.05, 0) is 32.1 Å². The van der Waals surface area contributed by atoms with Gasteiger partial charge in [-0.15, -0.1) is 0 Å². The average molecular weight is 244 g/mol. The molecule has 0 heterocycles. The van der Waals surface area contributed by atoms with Crippen LogP contribution in [0.4, 0.5) is 0 Å². The zero-order valence-electron chi connectivity index (χ0n) is 11.1. The molecule has 3 heteroatoms. The van der Waals surface area contributed by atoms with Crippen molar-refractivity contribution in [2.24, 2.45) is 0 Å². The number of hydrogen-bond donors (Lipinski definition) is 0. The van der Waals surface area contributed by atoms with Crippen molar-refractivity contribution < 1.29 is 4.43 Å². The molecule has 0 aromatic heterocycles. The smallest absolute Gasteiger partial charge is 0.242 e. The molecule has 0 aliphatic carbocycles. The van der Waals surface area contributed by atoms with Crippen molar-refractivity contribution in [3.8, 4) is 0 Å². The van der Waals surface area contributed by atoms with Crippen molar-refractivity contribution in [2.45, 2.75) is 52.1 Å². The molecule has 0 aromatic rings. The molecular formula is C12H24OSSi. The molecule has 0 aliphatic rings. The Hall–Kier alpha value is -0.153. The molecule has 0 spiro atoms. The monoisotopic (exact) mass is 244 g/mol. The molecule has 0 aromatic carbocycles. The van der Waals surface area contributed by atoms with Gasteiger partial charge in [-0.3, -0.25) is 0 Å². The number of rotatable bonds is 4. The third-order valence-corrected chi connectivity index (χ3v) is 3.59. The molecule has 1 nitrogen and oxygen atoms in total. The van der Waals surface area contributed by atoms with Crippen LogP contribution in [0.2, 0.25) is 19.6 Å². The van der Waals surface area contributed by atoms with Gasteiger partial charge in [-0.2, -0.15) is 0 Å². The summed E-state index contributed by atoms with van der Waals surface area (Å²) in [5.74, 6) is 0. The van der Waals surface area contributed by atoms with E-state index in [2.05, 4.69) is 53.9 Å². The fraction of sp³-hybridized carbons (Fsp3) is 0.667. The van der Waals surface area contributed by atoms with Gasteiger partial charge in [0.1, 0.15) is 5.09 Å². The summed E-state index contributed by atoms with van der Waals surface area (Å²) >= 11 is 1.78. The van der Waals surface area contributed by atoms with Crippen molar-refractivity contribution in [1.82, 2.24) is 0 Å². The Labute approximate surface area is 100 Å². The van der Waals surface area contributed by atoms with E-state index in [1.807, 2.05) is 6.08 Å². The molecule has 88 valence electrons. The highest BCUT2D eigenvalue weighted by molar-refractivity contribution is 8.04. The number of thioether (sulfide) groups is 1. The van der Waals surface area contributed by atoms with Crippen LogP contribution in [-0.4, -0.2) is 13.1 Å². The van der Waals surface area contributed by atoms with Crippen LogP contribution in [-0.2, 0) is 4.43 Å². The second kappa shape index (κ2) is 5.26. The summed E-state index contributed by atoms with van der Waals surface area (Å²) in [6, 6.07) is 0. The highest BCUT2D eigenvalue weighted by Gasteiger charge is 2.23. The first kappa shape index (κ1) is 14.8. The SMILES string of the molecule is C=CC(C)=C(O[Si](C)(C)C)SC(C)(C)C. The highest BCUT2D eigenvalue weighted by Crippen LogP contribution is 2.35. The van der Waals surface area contributed by atoms with Gasteiger partial charge in [0.2, 0.25) is 8.32 Å². The van der Waals surface area contributed by atoms with Crippen LogP contribution in [0.3, 0.4) is 0 Å². The lowest BCUT2D eigenvalue weighted by Gasteiger charge is -2.27. The minimum Gasteiger partial charge on any atom is -0.540 e. The second-order valence-corrected chi connectivity index (χ2v) is 11.8. The zero-order valence-corrected chi connectivity index (χ0v) is 12.9. The average Bonchev–Trinajstić information content (AvgIpc) is 1.96. The molecule has 0 fully saturated rings. The molecule has 0 saturated carbocycles. The molecule has 0 amide bonds. The Morgan fingerprint density at radius 1 is 1.27 bits per heavy atom. The van der Waals surface area contributed by atoms with Crippen LogP contribution in [0, 0.1) is 0 Å². The molecule has 0 rings (SSSR count). The van der Waals surface area contributed by atoms with Crippen molar-refractivity contribution in [3.05, 3.63) is 23.3 Å². The maximum atomic E-state index is 6.08. The van der Waals surface area contributed by atoms with E-state index in [9.17, 15) is 0 Å². The summed E-state index contributed by atoms with van der Waals surface area (Å²) in [6.07, 6.45) is 1.87. The van der Waals surface area contributed by atoms with Crippen LogP contribution in [0.25, 0.3) is 0 Å². The first-order chi connectivity index (χ1) is 6.55. The largest absolute Gasteiger partial charge is 0.540 e. The molecule has 0 atom stereocenters. The maximum Gasteiger partial charge on any atom is 0.242 e. The third-order valence-electron chi connectivity index (χ3n) is 1.43. The number of hydrogen-bond acceptors (Lipinski definition) is 2. The van der Waals surface area contributed by atoms with Crippen LogP contribution < -0.4 is 0 Å². The Morgan fingerprint density at radius 2 is 1.73 bits per heavy atom. The van der Waals surface area contributed by atoms with Gasteiger partial charge < -0.3 is 4.43 Å². The van der Waals surface area contributed by atoms with Crippen molar-refractivity contribution in [1.29, 1.82) is 0 Å². The van der Waals surface area contributed by atoms with Crippen molar-refractivity contribution >= 4 is 20.1 Å². The van der Waals surface area contributed by atoms with Crippen LogP contribution in [0.15, 0.2) is 23.3 Å². The van der Waals surface area contributed by atoms with Gasteiger partial charge >= 0.3 is 0 Å². The zero-order chi connectivity index (χ0) is 12.3. The molecule has 0 bridgehead atoms. The molecule has 0 radical (unpaired) electrons.